The number of carbonyl (C=O) groups is 2. The fourth-order valence-electron chi connectivity index (χ4n) is 1.29. The molecule has 2 N–H and O–H groups in total. The topological polar surface area (TPSA) is 78.6 Å². The SMILES string of the molecule is CCOC(=O)C#Cc1cc(C(=O)OCC)ccc1N. The van der Waals surface area contributed by atoms with Crippen molar-refractivity contribution in [3.8, 4) is 11.8 Å². The molecule has 0 unspecified atom stereocenters. The highest BCUT2D eigenvalue weighted by molar-refractivity contribution is 5.92. The Bertz CT molecular complexity index is 540. The first kappa shape index (κ1) is 14.6. The lowest BCUT2D eigenvalue weighted by Gasteiger charge is -2.03. The van der Waals surface area contributed by atoms with E-state index < -0.39 is 11.9 Å². The number of nitrogen functional groups attached to an aromatic ring is 1. The fraction of sp³-hybridized carbons (Fsp3) is 0.286. The summed E-state index contributed by atoms with van der Waals surface area (Å²) in [5.41, 5.74) is 6.82. The predicted octanol–water partition coefficient (Wildman–Crippen LogP) is 1.36. The Hall–Kier alpha value is -2.48. The normalized spacial score (nSPS) is 9.16. The van der Waals surface area contributed by atoms with Gasteiger partial charge < -0.3 is 15.2 Å². The molecular formula is C14H15NO4. The first-order valence-electron chi connectivity index (χ1n) is 5.83. The maximum atomic E-state index is 11.5. The first-order chi connectivity index (χ1) is 9.08. The van der Waals surface area contributed by atoms with E-state index in [0.717, 1.165) is 0 Å². The molecule has 19 heavy (non-hydrogen) atoms. The lowest BCUT2D eigenvalue weighted by atomic mass is 10.1. The Morgan fingerprint density at radius 1 is 1.21 bits per heavy atom. The molecule has 5 nitrogen and oxygen atoms in total. The fourth-order valence-corrected chi connectivity index (χ4v) is 1.29. The molecule has 0 aliphatic rings. The average molecular weight is 261 g/mol. The molecule has 5 heteroatoms. The van der Waals surface area contributed by atoms with Crippen molar-refractivity contribution in [1.29, 1.82) is 0 Å². The number of ether oxygens (including phenoxy) is 2. The van der Waals surface area contributed by atoms with E-state index in [1.54, 1.807) is 26.0 Å². The molecule has 0 bridgehead atoms. The van der Waals surface area contributed by atoms with Crippen molar-refractivity contribution in [3.63, 3.8) is 0 Å². The van der Waals surface area contributed by atoms with E-state index in [1.807, 2.05) is 0 Å². The maximum Gasteiger partial charge on any atom is 0.384 e. The minimum absolute atomic E-state index is 0.256. The third-order valence-electron chi connectivity index (χ3n) is 2.14. The lowest BCUT2D eigenvalue weighted by Crippen LogP contribution is -2.06. The van der Waals surface area contributed by atoms with Crippen molar-refractivity contribution >= 4 is 17.6 Å². The van der Waals surface area contributed by atoms with Crippen molar-refractivity contribution in [2.24, 2.45) is 0 Å². The van der Waals surface area contributed by atoms with Gasteiger partial charge >= 0.3 is 11.9 Å². The standard InChI is InChI=1S/C14H15NO4/c1-3-18-13(16)8-6-10-9-11(5-7-12(10)15)14(17)19-4-2/h5,7,9H,3-4,15H2,1-2H3. The number of carbonyl (C=O) groups excluding carboxylic acids is 2. The number of nitrogens with two attached hydrogens (primary N) is 1. The summed E-state index contributed by atoms with van der Waals surface area (Å²) in [4.78, 5) is 22.7. The molecule has 1 rings (SSSR count). The van der Waals surface area contributed by atoms with E-state index >= 15 is 0 Å². The molecule has 0 radical (unpaired) electrons. The summed E-state index contributed by atoms with van der Waals surface area (Å²) in [7, 11) is 0. The monoisotopic (exact) mass is 261 g/mol. The Labute approximate surface area is 111 Å². The molecule has 0 aliphatic heterocycles. The van der Waals surface area contributed by atoms with Crippen LogP contribution in [0.5, 0.6) is 0 Å². The van der Waals surface area contributed by atoms with Gasteiger partial charge in [-0.15, -0.1) is 0 Å². The highest BCUT2D eigenvalue weighted by Crippen LogP contribution is 2.14. The van der Waals surface area contributed by atoms with Gasteiger partial charge in [-0.1, -0.05) is 5.92 Å². The second-order valence-electron chi connectivity index (χ2n) is 3.49. The van der Waals surface area contributed by atoms with Crippen LogP contribution in [0.2, 0.25) is 0 Å². The highest BCUT2D eigenvalue weighted by atomic mass is 16.5. The Kier molecular flexibility index (Phi) is 5.42. The Morgan fingerprint density at radius 3 is 2.53 bits per heavy atom. The van der Waals surface area contributed by atoms with Gasteiger partial charge in [0.15, 0.2) is 0 Å². The van der Waals surface area contributed by atoms with E-state index in [4.69, 9.17) is 10.5 Å². The number of benzene rings is 1. The molecule has 0 saturated carbocycles. The van der Waals surface area contributed by atoms with Gasteiger partial charge in [-0.2, -0.15) is 0 Å². The van der Waals surface area contributed by atoms with Crippen molar-refractivity contribution < 1.29 is 19.1 Å². The van der Waals surface area contributed by atoms with Crippen molar-refractivity contribution in [2.45, 2.75) is 13.8 Å². The Balaban J connectivity index is 2.97. The van der Waals surface area contributed by atoms with Crippen LogP contribution >= 0.6 is 0 Å². The van der Waals surface area contributed by atoms with Gasteiger partial charge in [0.25, 0.3) is 0 Å². The van der Waals surface area contributed by atoms with Crippen molar-refractivity contribution in [2.75, 3.05) is 18.9 Å². The van der Waals surface area contributed by atoms with Gasteiger partial charge in [0, 0.05) is 17.2 Å². The van der Waals surface area contributed by atoms with Crippen LogP contribution in [-0.4, -0.2) is 25.2 Å². The second-order valence-corrected chi connectivity index (χ2v) is 3.49. The number of hydrogen-bond donors (Lipinski definition) is 1. The molecule has 0 amide bonds. The van der Waals surface area contributed by atoms with E-state index in [2.05, 4.69) is 16.6 Å². The van der Waals surface area contributed by atoms with Crippen molar-refractivity contribution in [3.05, 3.63) is 29.3 Å². The largest absolute Gasteiger partial charge is 0.462 e. The summed E-state index contributed by atoms with van der Waals surface area (Å²) in [5.74, 6) is 3.78. The quantitative estimate of drug-likeness (QED) is 0.505. The van der Waals surface area contributed by atoms with Gasteiger partial charge in [0.2, 0.25) is 0 Å². The summed E-state index contributed by atoms with van der Waals surface area (Å²) < 4.78 is 9.54. The van der Waals surface area contributed by atoms with Crippen LogP contribution in [0.15, 0.2) is 18.2 Å². The van der Waals surface area contributed by atoms with Crippen LogP contribution in [-0.2, 0) is 14.3 Å². The molecular weight excluding hydrogens is 246 g/mol. The molecule has 1 aromatic rings. The van der Waals surface area contributed by atoms with Crippen LogP contribution in [0.3, 0.4) is 0 Å². The summed E-state index contributed by atoms with van der Waals surface area (Å²) in [6.07, 6.45) is 0. The summed E-state index contributed by atoms with van der Waals surface area (Å²) in [6.45, 7) is 3.95. The minimum atomic E-state index is -0.636. The summed E-state index contributed by atoms with van der Waals surface area (Å²) in [6, 6.07) is 4.57. The summed E-state index contributed by atoms with van der Waals surface area (Å²) >= 11 is 0. The van der Waals surface area contributed by atoms with E-state index in [-0.39, 0.29) is 13.2 Å². The zero-order valence-electron chi connectivity index (χ0n) is 10.9. The van der Waals surface area contributed by atoms with Crippen LogP contribution in [0.1, 0.15) is 29.8 Å². The van der Waals surface area contributed by atoms with Gasteiger partial charge in [-0.05, 0) is 32.0 Å². The van der Waals surface area contributed by atoms with Gasteiger partial charge in [0.05, 0.1) is 18.8 Å². The molecule has 0 aromatic heterocycles. The van der Waals surface area contributed by atoms with Crippen molar-refractivity contribution in [1.82, 2.24) is 0 Å². The second kappa shape index (κ2) is 7.07. The minimum Gasteiger partial charge on any atom is -0.462 e. The summed E-state index contributed by atoms with van der Waals surface area (Å²) in [5, 5.41) is 0. The van der Waals surface area contributed by atoms with E-state index in [9.17, 15) is 9.59 Å². The lowest BCUT2D eigenvalue weighted by molar-refractivity contribution is -0.136. The maximum absolute atomic E-state index is 11.5. The van der Waals surface area contributed by atoms with Crippen LogP contribution in [0.25, 0.3) is 0 Å². The number of hydrogen-bond acceptors (Lipinski definition) is 5. The number of rotatable bonds is 3. The van der Waals surface area contributed by atoms with Crippen LogP contribution in [0.4, 0.5) is 5.69 Å². The molecule has 0 aliphatic carbocycles. The highest BCUT2D eigenvalue weighted by Gasteiger charge is 2.08. The van der Waals surface area contributed by atoms with Gasteiger partial charge in [0.1, 0.15) is 0 Å². The van der Waals surface area contributed by atoms with E-state index in [0.29, 0.717) is 16.8 Å². The third-order valence-corrected chi connectivity index (χ3v) is 2.14. The van der Waals surface area contributed by atoms with Crippen LogP contribution in [0, 0.1) is 11.8 Å². The van der Waals surface area contributed by atoms with Crippen LogP contribution < -0.4 is 5.73 Å². The zero-order chi connectivity index (χ0) is 14.3. The molecule has 1 aromatic carbocycles. The third kappa shape index (κ3) is 4.36. The predicted molar refractivity (Wildman–Crippen MR) is 70.3 cm³/mol. The smallest absolute Gasteiger partial charge is 0.384 e. The molecule has 0 heterocycles. The zero-order valence-corrected chi connectivity index (χ0v) is 10.9. The number of anilines is 1. The molecule has 0 spiro atoms. The molecule has 0 saturated heterocycles. The Morgan fingerprint density at radius 2 is 1.89 bits per heavy atom. The van der Waals surface area contributed by atoms with Gasteiger partial charge in [-0.25, -0.2) is 9.59 Å². The average Bonchev–Trinajstić information content (AvgIpc) is 2.38. The first-order valence-corrected chi connectivity index (χ1v) is 5.83. The molecule has 100 valence electrons. The molecule has 0 atom stereocenters. The van der Waals surface area contributed by atoms with E-state index in [1.165, 1.54) is 6.07 Å². The van der Waals surface area contributed by atoms with Gasteiger partial charge in [-0.3, -0.25) is 0 Å². The number of esters is 2. The molecule has 0 fully saturated rings.